The minimum atomic E-state index is -0.598. The van der Waals surface area contributed by atoms with Crippen LogP contribution in [0.4, 0.5) is 0 Å². The number of rotatable bonds is 3. The molecule has 1 N–H and O–H groups in total. The molecule has 1 aromatic heterocycles. The third kappa shape index (κ3) is 2.78. The lowest BCUT2D eigenvalue weighted by Gasteiger charge is -2.06. The standard InChI is InChI=1S/C11H9ClN2O2S/c1-2-5-13-11(15)8-6-7(14-16-8)9-3-4-10(12)17-9/h1,3-4,8H,5-6H2,(H,13,15). The highest BCUT2D eigenvalue weighted by atomic mass is 35.5. The smallest absolute Gasteiger partial charge is 0.265 e. The van der Waals surface area contributed by atoms with Crippen molar-refractivity contribution in [2.45, 2.75) is 12.5 Å². The molecule has 1 aromatic rings. The van der Waals surface area contributed by atoms with E-state index < -0.39 is 6.10 Å². The van der Waals surface area contributed by atoms with Crippen molar-refractivity contribution in [1.29, 1.82) is 0 Å². The average Bonchev–Trinajstić information content (AvgIpc) is 2.93. The van der Waals surface area contributed by atoms with E-state index in [-0.39, 0.29) is 12.5 Å². The molecular weight excluding hydrogens is 260 g/mol. The van der Waals surface area contributed by atoms with Gasteiger partial charge in [0, 0.05) is 6.42 Å². The van der Waals surface area contributed by atoms with Crippen LogP contribution in [0, 0.1) is 12.3 Å². The first-order chi connectivity index (χ1) is 8.20. The van der Waals surface area contributed by atoms with Crippen molar-refractivity contribution in [3.05, 3.63) is 21.3 Å². The number of terminal acetylenes is 1. The summed E-state index contributed by atoms with van der Waals surface area (Å²) in [6.45, 7) is 0.193. The minimum absolute atomic E-state index is 0.193. The van der Waals surface area contributed by atoms with Gasteiger partial charge >= 0.3 is 0 Å². The Morgan fingerprint density at radius 3 is 3.24 bits per heavy atom. The zero-order chi connectivity index (χ0) is 12.3. The van der Waals surface area contributed by atoms with Gasteiger partial charge in [0.05, 0.1) is 15.8 Å². The highest BCUT2D eigenvalue weighted by molar-refractivity contribution is 7.18. The Labute approximate surface area is 108 Å². The van der Waals surface area contributed by atoms with Gasteiger partial charge < -0.3 is 10.2 Å². The summed E-state index contributed by atoms with van der Waals surface area (Å²) < 4.78 is 0.683. The molecule has 17 heavy (non-hydrogen) atoms. The van der Waals surface area contributed by atoms with Crippen molar-refractivity contribution < 1.29 is 9.63 Å². The molecule has 1 atom stereocenters. The number of carbonyl (C=O) groups excluding carboxylic acids is 1. The largest absolute Gasteiger partial charge is 0.382 e. The molecule has 0 saturated carbocycles. The number of amides is 1. The van der Waals surface area contributed by atoms with Gasteiger partial charge in [-0.2, -0.15) is 0 Å². The van der Waals surface area contributed by atoms with Gasteiger partial charge in [-0.05, 0) is 12.1 Å². The maximum atomic E-state index is 11.6. The van der Waals surface area contributed by atoms with Gasteiger partial charge in [-0.3, -0.25) is 4.79 Å². The first-order valence-corrected chi connectivity index (χ1v) is 6.09. The van der Waals surface area contributed by atoms with Crippen LogP contribution >= 0.6 is 22.9 Å². The zero-order valence-corrected chi connectivity index (χ0v) is 10.3. The average molecular weight is 269 g/mol. The van der Waals surface area contributed by atoms with Crippen molar-refractivity contribution in [2.24, 2.45) is 5.16 Å². The van der Waals surface area contributed by atoms with E-state index in [1.54, 1.807) is 6.07 Å². The molecule has 6 heteroatoms. The maximum absolute atomic E-state index is 11.6. The Bertz CT molecular complexity index is 504. The third-order valence-electron chi connectivity index (χ3n) is 2.18. The van der Waals surface area contributed by atoms with Crippen molar-refractivity contribution in [2.75, 3.05) is 6.54 Å². The fraction of sp³-hybridized carbons (Fsp3) is 0.273. The summed E-state index contributed by atoms with van der Waals surface area (Å²) in [6, 6.07) is 3.65. The Morgan fingerprint density at radius 1 is 1.76 bits per heavy atom. The normalized spacial score (nSPS) is 18.1. The van der Waals surface area contributed by atoms with E-state index in [9.17, 15) is 4.79 Å². The van der Waals surface area contributed by atoms with E-state index in [1.165, 1.54) is 11.3 Å². The second-order valence-corrected chi connectivity index (χ2v) is 5.08. The van der Waals surface area contributed by atoms with E-state index in [4.69, 9.17) is 22.9 Å². The van der Waals surface area contributed by atoms with Crippen LogP contribution in [0.1, 0.15) is 11.3 Å². The number of nitrogens with zero attached hydrogens (tertiary/aromatic N) is 1. The second-order valence-electron chi connectivity index (χ2n) is 3.36. The number of nitrogens with one attached hydrogen (secondary N) is 1. The van der Waals surface area contributed by atoms with E-state index in [2.05, 4.69) is 16.4 Å². The second kappa shape index (κ2) is 5.21. The molecule has 2 heterocycles. The molecular formula is C11H9ClN2O2S. The van der Waals surface area contributed by atoms with Crippen LogP contribution in [0.15, 0.2) is 17.3 Å². The van der Waals surface area contributed by atoms with E-state index in [0.717, 1.165) is 10.6 Å². The van der Waals surface area contributed by atoms with Crippen molar-refractivity contribution in [1.82, 2.24) is 5.32 Å². The molecule has 0 spiro atoms. The SMILES string of the molecule is C#CCNC(=O)C1CC(c2ccc(Cl)s2)=NO1. The van der Waals surface area contributed by atoms with Crippen molar-refractivity contribution in [3.63, 3.8) is 0 Å². The van der Waals surface area contributed by atoms with Gasteiger partial charge in [0.2, 0.25) is 6.10 Å². The summed E-state index contributed by atoms with van der Waals surface area (Å²) in [5.74, 6) is 2.08. The molecule has 1 aliphatic rings. The maximum Gasteiger partial charge on any atom is 0.265 e. The van der Waals surface area contributed by atoms with E-state index >= 15 is 0 Å². The highest BCUT2D eigenvalue weighted by Gasteiger charge is 2.29. The van der Waals surface area contributed by atoms with Gasteiger partial charge in [-0.25, -0.2) is 0 Å². The number of hydrogen-bond donors (Lipinski definition) is 1. The van der Waals surface area contributed by atoms with Crippen LogP contribution in [0.2, 0.25) is 4.34 Å². The van der Waals surface area contributed by atoms with Gasteiger partial charge in [-0.1, -0.05) is 22.7 Å². The monoisotopic (exact) mass is 268 g/mol. The lowest BCUT2D eigenvalue weighted by molar-refractivity contribution is -0.130. The fourth-order valence-corrected chi connectivity index (χ4v) is 2.42. The summed E-state index contributed by atoms with van der Waals surface area (Å²) in [5, 5.41) is 6.44. The Kier molecular flexibility index (Phi) is 3.67. The predicted octanol–water partition coefficient (Wildman–Crippen LogP) is 1.64. The molecule has 2 rings (SSSR count). The Hall–Kier alpha value is -1.51. The highest BCUT2D eigenvalue weighted by Crippen LogP contribution is 2.26. The number of oxime groups is 1. The van der Waals surface area contributed by atoms with Crippen LogP contribution < -0.4 is 5.32 Å². The van der Waals surface area contributed by atoms with Gasteiger partial charge in [0.25, 0.3) is 5.91 Å². The van der Waals surface area contributed by atoms with Crippen LogP contribution in [-0.4, -0.2) is 24.3 Å². The molecule has 1 amide bonds. The third-order valence-corrected chi connectivity index (χ3v) is 3.46. The van der Waals surface area contributed by atoms with E-state index in [1.807, 2.05) is 6.07 Å². The molecule has 0 aromatic carbocycles. The van der Waals surface area contributed by atoms with Crippen LogP contribution in [0.25, 0.3) is 0 Å². The molecule has 0 fully saturated rings. The van der Waals surface area contributed by atoms with Crippen molar-refractivity contribution >= 4 is 34.6 Å². The van der Waals surface area contributed by atoms with E-state index in [0.29, 0.717) is 10.8 Å². The molecule has 1 aliphatic heterocycles. The van der Waals surface area contributed by atoms with Crippen LogP contribution in [0.5, 0.6) is 0 Å². The number of hydrogen-bond acceptors (Lipinski definition) is 4. The predicted molar refractivity (Wildman–Crippen MR) is 67.2 cm³/mol. The lowest BCUT2D eigenvalue weighted by Crippen LogP contribution is -2.34. The van der Waals surface area contributed by atoms with Gasteiger partial charge in [0.1, 0.15) is 5.71 Å². The summed E-state index contributed by atoms with van der Waals surface area (Å²) in [5.41, 5.74) is 0.739. The quantitative estimate of drug-likeness (QED) is 0.848. The first-order valence-electron chi connectivity index (χ1n) is 4.90. The van der Waals surface area contributed by atoms with Crippen LogP contribution in [-0.2, 0) is 9.63 Å². The Morgan fingerprint density at radius 2 is 2.59 bits per heavy atom. The summed E-state index contributed by atoms with van der Waals surface area (Å²) in [7, 11) is 0. The molecule has 4 nitrogen and oxygen atoms in total. The molecule has 1 unspecified atom stereocenters. The first kappa shape index (κ1) is 12.0. The summed E-state index contributed by atoms with van der Waals surface area (Å²) in [6.07, 6.45) is 4.89. The number of thiophene rings is 1. The molecule has 0 saturated heterocycles. The summed E-state index contributed by atoms with van der Waals surface area (Å²) >= 11 is 7.23. The molecule has 0 aliphatic carbocycles. The fourth-order valence-electron chi connectivity index (χ4n) is 1.38. The Balaban J connectivity index is 1.95. The zero-order valence-electron chi connectivity index (χ0n) is 8.77. The number of carbonyl (C=O) groups is 1. The minimum Gasteiger partial charge on any atom is -0.382 e. The molecule has 88 valence electrons. The topological polar surface area (TPSA) is 50.7 Å². The van der Waals surface area contributed by atoms with Gasteiger partial charge in [0.15, 0.2) is 0 Å². The lowest BCUT2D eigenvalue weighted by atomic mass is 10.1. The number of halogens is 1. The van der Waals surface area contributed by atoms with Crippen molar-refractivity contribution in [3.8, 4) is 12.3 Å². The molecule has 0 radical (unpaired) electrons. The van der Waals surface area contributed by atoms with Gasteiger partial charge in [-0.15, -0.1) is 17.8 Å². The van der Waals surface area contributed by atoms with Crippen LogP contribution in [0.3, 0.4) is 0 Å². The molecule has 0 bridgehead atoms. The summed E-state index contributed by atoms with van der Waals surface area (Å²) in [4.78, 5) is 17.5.